The SMILES string of the molecule is CCCCCCCCN=Cc1c(O)n(-c2ccc(Cl)cc2)c(=O)[nH]c1=O. The molecule has 7 heteroatoms. The molecule has 2 N–H and O–H groups in total. The number of benzene rings is 1. The van der Waals surface area contributed by atoms with E-state index in [1.54, 1.807) is 24.3 Å². The number of hydrogen-bond donors (Lipinski definition) is 2. The van der Waals surface area contributed by atoms with Crippen LogP contribution in [0.25, 0.3) is 5.69 Å². The number of aliphatic imine (C=N–C) groups is 1. The molecule has 0 spiro atoms. The summed E-state index contributed by atoms with van der Waals surface area (Å²) in [6.45, 7) is 2.75. The molecule has 1 aromatic heterocycles. The Morgan fingerprint density at radius 1 is 1.12 bits per heavy atom. The standard InChI is InChI=1S/C19H24ClN3O3/c1-2-3-4-5-6-7-12-21-13-16-17(24)22-19(26)23(18(16)25)15-10-8-14(20)9-11-15/h8-11,13,25H,2-7,12H2,1H3,(H,22,24,26). The van der Waals surface area contributed by atoms with Gasteiger partial charge in [-0.15, -0.1) is 0 Å². The summed E-state index contributed by atoms with van der Waals surface area (Å²) in [4.78, 5) is 30.5. The van der Waals surface area contributed by atoms with E-state index in [1.165, 1.54) is 31.9 Å². The third-order valence-corrected chi connectivity index (χ3v) is 4.32. The lowest BCUT2D eigenvalue weighted by Crippen LogP contribution is -2.31. The average molecular weight is 378 g/mol. The Labute approximate surface area is 157 Å². The van der Waals surface area contributed by atoms with Gasteiger partial charge in [-0.3, -0.25) is 14.8 Å². The summed E-state index contributed by atoms with van der Waals surface area (Å²) in [6.07, 6.45) is 8.21. The molecule has 0 aliphatic heterocycles. The normalized spacial score (nSPS) is 11.3. The van der Waals surface area contributed by atoms with E-state index in [4.69, 9.17) is 11.6 Å². The summed E-state index contributed by atoms with van der Waals surface area (Å²) in [6, 6.07) is 6.36. The largest absolute Gasteiger partial charge is 0.493 e. The third kappa shape index (κ3) is 5.33. The molecular formula is C19H24ClN3O3. The van der Waals surface area contributed by atoms with E-state index in [9.17, 15) is 14.7 Å². The molecule has 1 aromatic carbocycles. The Hall–Kier alpha value is -2.34. The van der Waals surface area contributed by atoms with Crippen molar-refractivity contribution in [2.75, 3.05) is 6.54 Å². The Balaban J connectivity index is 2.13. The van der Waals surface area contributed by atoms with Crippen LogP contribution in [-0.2, 0) is 0 Å². The molecule has 0 fully saturated rings. The molecule has 1 heterocycles. The molecule has 0 bridgehead atoms. The molecule has 2 aromatic rings. The first-order valence-electron chi connectivity index (χ1n) is 8.88. The maximum absolute atomic E-state index is 12.1. The van der Waals surface area contributed by atoms with E-state index in [1.807, 2.05) is 0 Å². The molecule has 0 aliphatic rings. The van der Waals surface area contributed by atoms with Crippen LogP contribution in [0.2, 0.25) is 5.02 Å². The van der Waals surface area contributed by atoms with E-state index < -0.39 is 17.1 Å². The molecule has 0 saturated carbocycles. The van der Waals surface area contributed by atoms with Gasteiger partial charge in [-0.1, -0.05) is 50.6 Å². The van der Waals surface area contributed by atoms with Gasteiger partial charge >= 0.3 is 5.69 Å². The Morgan fingerprint density at radius 3 is 2.46 bits per heavy atom. The van der Waals surface area contributed by atoms with E-state index in [0.717, 1.165) is 17.4 Å². The first-order chi connectivity index (χ1) is 12.5. The molecule has 0 atom stereocenters. The Bertz CT molecular complexity index is 854. The van der Waals surface area contributed by atoms with Crippen molar-refractivity contribution in [3.05, 3.63) is 55.7 Å². The summed E-state index contributed by atoms with van der Waals surface area (Å²) in [5, 5.41) is 10.9. The van der Waals surface area contributed by atoms with Crippen LogP contribution in [0.15, 0.2) is 38.8 Å². The van der Waals surface area contributed by atoms with Crippen molar-refractivity contribution in [2.24, 2.45) is 4.99 Å². The summed E-state index contributed by atoms with van der Waals surface area (Å²) >= 11 is 5.84. The van der Waals surface area contributed by atoms with Crippen LogP contribution in [0.3, 0.4) is 0 Å². The van der Waals surface area contributed by atoms with Crippen LogP contribution in [0, 0.1) is 0 Å². The summed E-state index contributed by atoms with van der Waals surface area (Å²) < 4.78 is 1.02. The smallest absolute Gasteiger partial charge is 0.335 e. The van der Waals surface area contributed by atoms with Gasteiger partial charge in [0.25, 0.3) is 5.56 Å². The first-order valence-corrected chi connectivity index (χ1v) is 9.26. The highest BCUT2D eigenvalue weighted by Gasteiger charge is 2.13. The van der Waals surface area contributed by atoms with Crippen molar-refractivity contribution in [1.29, 1.82) is 0 Å². The van der Waals surface area contributed by atoms with E-state index in [0.29, 0.717) is 17.3 Å². The summed E-state index contributed by atoms with van der Waals surface area (Å²) in [5.41, 5.74) is -1.02. The van der Waals surface area contributed by atoms with Crippen molar-refractivity contribution in [3.8, 4) is 11.6 Å². The van der Waals surface area contributed by atoms with Crippen molar-refractivity contribution in [1.82, 2.24) is 9.55 Å². The van der Waals surface area contributed by atoms with Crippen LogP contribution < -0.4 is 11.2 Å². The number of rotatable bonds is 9. The lowest BCUT2D eigenvalue weighted by atomic mass is 10.1. The molecular weight excluding hydrogens is 354 g/mol. The number of aromatic hydroxyl groups is 1. The number of halogens is 1. The van der Waals surface area contributed by atoms with Gasteiger partial charge in [-0.25, -0.2) is 9.36 Å². The minimum Gasteiger partial charge on any atom is -0.493 e. The Kier molecular flexibility index (Phi) is 7.66. The monoisotopic (exact) mass is 377 g/mol. The fraction of sp³-hybridized carbons (Fsp3) is 0.421. The molecule has 26 heavy (non-hydrogen) atoms. The Morgan fingerprint density at radius 2 is 1.77 bits per heavy atom. The maximum Gasteiger partial charge on any atom is 0.335 e. The van der Waals surface area contributed by atoms with Crippen molar-refractivity contribution >= 4 is 17.8 Å². The van der Waals surface area contributed by atoms with Gasteiger partial charge in [0.1, 0.15) is 5.56 Å². The lowest BCUT2D eigenvalue weighted by molar-refractivity contribution is 0.430. The number of aromatic nitrogens is 2. The number of unbranched alkanes of at least 4 members (excludes halogenated alkanes) is 5. The van der Waals surface area contributed by atoms with Gasteiger partial charge in [0, 0.05) is 17.8 Å². The maximum atomic E-state index is 12.1. The number of hydrogen-bond acceptors (Lipinski definition) is 4. The summed E-state index contributed by atoms with van der Waals surface area (Å²) in [7, 11) is 0. The zero-order valence-corrected chi connectivity index (χ0v) is 15.6. The van der Waals surface area contributed by atoms with Crippen LogP contribution in [0.1, 0.15) is 51.0 Å². The van der Waals surface area contributed by atoms with E-state index in [-0.39, 0.29) is 5.56 Å². The van der Waals surface area contributed by atoms with Crippen molar-refractivity contribution in [3.63, 3.8) is 0 Å². The number of aromatic amines is 1. The second kappa shape index (κ2) is 9.97. The highest BCUT2D eigenvalue weighted by molar-refractivity contribution is 6.30. The second-order valence-corrected chi connectivity index (χ2v) is 6.55. The lowest BCUT2D eigenvalue weighted by Gasteiger charge is -2.09. The molecule has 0 radical (unpaired) electrons. The minimum atomic E-state index is -0.720. The molecule has 0 unspecified atom stereocenters. The number of nitrogens with zero attached hydrogens (tertiary/aromatic N) is 2. The van der Waals surface area contributed by atoms with Gasteiger partial charge in [-0.05, 0) is 30.7 Å². The average Bonchev–Trinajstić information content (AvgIpc) is 2.61. The quantitative estimate of drug-likeness (QED) is 0.516. The number of nitrogens with one attached hydrogen (secondary N) is 1. The van der Waals surface area contributed by atoms with Crippen molar-refractivity contribution in [2.45, 2.75) is 45.4 Å². The van der Waals surface area contributed by atoms with Gasteiger partial charge in [0.2, 0.25) is 5.88 Å². The van der Waals surface area contributed by atoms with Crippen LogP contribution >= 0.6 is 11.6 Å². The molecule has 140 valence electrons. The second-order valence-electron chi connectivity index (χ2n) is 6.11. The van der Waals surface area contributed by atoms with Crippen molar-refractivity contribution < 1.29 is 5.11 Å². The van der Waals surface area contributed by atoms with Crippen LogP contribution in [-0.4, -0.2) is 27.4 Å². The predicted octanol–water partition coefficient (Wildman–Crippen LogP) is 3.66. The van der Waals surface area contributed by atoms with Crippen LogP contribution in [0.4, 0.5) is 0 Å². The molecule has 0 aliphatic carbocycles. The highest BCUT2D eigenvalue weighted by atomic mass is 35.5. The van der Waals surface area contributed by atoms with Crippen LogP contribution in [0.5, 0.6) is 5.88 Å². The minimum absolute atomic E-state index is 0.0365. The number of H-pyrrole nitrogens is 1. The predicted molar refractivity (Wildman–Crippen MR) is 105 cm³/mol. The molecule has 0 amide bonds. The third-order valence-electron chi connectivity index (χ3n) is 4.07. The molecule has 6 nitrogen and oxygen atoms in total. The van der Waals surface area contributed by atoms with E-state index >= 15 is 0 Å². The van der Waals surface area contributed by atoms with Gasteiger partial charge < -0.3 is 5.11 Å². The topological polar surface area (TPSA) is 87.4 Å². The van der Waals surface area contributed by atoms with Gasteiger partial charge in [0.15, 0.2) is 0 Å². The van der Waals surface area contributed by atoms with Gasteiger partial charge in [-0.2, -0.15) is 0 Å². The fourth-order valence-electron chi connectivity index (χ4n) is 2.62. The zero-order chi connectivity index (χ0) is 18.9. The molecule has 0 saturated heterocycles. The molecule has 2 rings (SSSR count). The van der Waals surface area contributed by atoms with E-state index in [2.05, 4.69) is 16.9 Å². The summed E-state index contributed by atoms with van der Waals surface area (Å²) in [5.74, 6) is -0.437. The fourth-order valence-corrected chi connectivity index (χ4v) is 2.75. The van der Waals surface area contributed by atoms with Gasteiger partial charge in [0.05, 0.1) is 5.69 Å². The zero-order valence-electron chi connectivity index (χ0n) is 14.9. The first kappa shape index (κ1) is 20.0. The highest BCUT2D eigenvalue weighted by Crippen LogP contribution is 2.17.